The first-order valence-corrected chi connectivity index (χ1v) is 7.13. The van der Waals surface area contributed by atoms with Gasteiger partial charge in [-0.1, -0.05) is 6.92 Å². The summed E-state index contributed by atoms with van der Waals surface area (Å²) in [7, 11) is 0. The van der Waals surface area contributed by atoms with Gasteiger partial charge in [-0.25, -0.2) is 4.98 Å². The van der Waals surface area contributed by atoms with Gasteiger partial charge in [0.25, 0.3) is 0 Å². The van der Waals surface area contributed by atoms with E-state index >= 15 is 0 Å². The zero-order valence-electron chi connectivity index (χ0n) is 10.8. The first kappa shape index (κ1) is 13.7. The van der Waals surface area contributed by atoms with Crippen LogP contribution in [0.15, 0.2) is 35.8 Å². The number of aromatic nitrogens is 1. The van der Waals surface area contributed by atoms with Crippen LogP contribution in [0.4, 0.5) is 5.69 Å². The van der Waals surface area contributed by atoms with Gasteiger partial charge in [0.1, 0.15) is 5.01 Å². The van der Waals surface area contributed by atoms with Crippen LogP contribution < -0.4 is 11.1 Å². The summed E-state index contributed by atoms with van der Waals surface area (Å²) in [5.41, 5.74) is 7.40. The lowest BCUT2D eigenvalue weighted by atomic mass is 10.1. The van der Waals surface area contributed by atoms with E-state index in [0.29, 0.717) is 6.54 Å². The second kappa shape index (κ2) is 6.45. The number of carbonyl (C=O) groups is 1. The van der Waals surface area contributed by atoms with Gasteiger partial charge in [0.05, 0.1) is 5.92 Å². The van der Waals surface area contributed by atoms with Crippen LogP contribution in [0.3, 0.4) is 0 Å². The summed E-state index contributed by atoms with van der Waals surface area (Å²) in [6.45, 7) is 2.34. The van der Waals surface area contributed by atoms with Gasteiger partial charge < -0.3 is 11.1 Å². The van der Waals surface area contributed by atoms with Crippen molar-refractivity contribution in [3.05, 3.63) is 35.8 Å². The number of rotatable bonds is 5. The molecule has 0 aliphatic rings. The van der Waals surface area contributed by atoms with Crippen LogP contribution in [0, 0.1) is 5.92 Å². The summed E-state index contributed by atoms with van der Waals surface area (Å²) >= 11 is 1.59. The number of nitrogens with one attached hydrogen (secondary N) is 1. The van der Waals surface area contributed by atoms with Gasteiger partial charge in [-0.15, -0.1) is 11.3 Å². The number of anilines is 1. The normalized spacial score (nSPS) is 12.1. The molecule has 0 saturated heterocycles. The third-order valence-electron chi connectivity index (χ3n) is 2.98. The minimum atomic E-state index is -0.126. The second-order valence-corrected chi connectivity index (χ2v) is 5.14. The number of nitrogens with zero attached hydrogens (tertiary/aromatic N) is 1. The van der Waals surface area contributed by atoms with Crippen LogP contribution in [-0.2, 0) is 4.79 Å². The molecule has 4 nitrogen and oxygen atoms in total. The quantitative estimate of drug-likeness (QED) is 0.881. The molecular weight excluding hydrogens is 258 g/mol. The van der Waals surface area contributed by atoms with Crippen molar-refractivity contribution >= 4 is 22.9 Å². The van der Waals surface area contributed by atoms with Crippen LogP contribution in [0.5, 0.6) is 0 Å². The standard InChI is InChI=1S/C14H17N3OS/c1-2-10(9-15)13(18)17-12-5-3-11(4-6-12)14-16-7-8-19-14/h3-8,10H,2,9,15H2,1H3,(H,17,18). The fourth-order valence-electron chi connectivity index (χ4n) is 1.77. The van der Waals surface area contributed by atoms with Crippen LogP contribution in [0.2, 0.25) is 0 Å². The van der Waals surface area contributed by atoms with Gasteiger partial charge in [0.2, 0.25) is 5.91 Å². The first-order chi connectivity index (χ1) is 9.24. The molecular formula is C14H17N3OS. The fraction of sp³-hybridized carbons (Fsp3) is 0.286. The van der Waals surface area contributed by atoms with Crippen LogP contribution in [-0.4, -0.2) is 17.4 Å². The van der Waals surface area contributed by atoms with Crippen LogP contribution in [0.25, 0.3) is 10.6 Å². The number of amides is 1. The molecule has 1 aromatic heterocycles. The van der Waals surface area contributed by atoms with Crippen molar-refractivity contribution in [1.29, 1.82) is 0 Å². The molecule has 0 saturated carbocycles. The molecule has 1 unspecified atom stereocenters. The number of carbonyl (C=O) groups excluding carboxylic acids is 1. The molecule has 100 valence electrons. The van der Waals surface area contributed by atoms with Gasteiger partial charge in [-0.3, -0.25) is 4.79 Å². The highest BCUT2D eigenvalue weighted by Gasteiger charge is 2.14. The van der Waals surface area contributed by atoms with Crippen molar-refractivity contribution in [2.24, 2.45) is 11.7 Å². The number of hydrogen-bond donors (Lipinski definition) is 2. The number of benzene rings is 1. The van der Waals surface area contributed by atoms with E-state index in [0.717, 1.165) is 22.7 Å². The lowest BCUT2D eigenvalue weighted by Gasteiger charge is -2.12. The van der Waals surface area contributed by atoms with Crippen molar-refractivity contribution in [2.75, 3.05) is 11.9 Å². The van der Waals surface area contributed by atoms with E-state index < -0.39 is 0 Å². The fourth-order valence-corrected chi connectivity index (χ4v) is 2.41. The molecule has 5 heteroatoms. The Hall–Kier alpha value is -1.72. The maximum absolute atomic E-state index is 11.9. The third kappa shape index (κ3) is 3.39. The molecule has 2 aromatic rings. The number of hydrogen-bond acceptors (Lipinski definition) is 4. The highest BCUT2D eigenvalue weighted by Crippen LogP contribution is 2.23. The summed E-state index contributed by atoms with van der Waals surface area (Å²) in [5.74, 6) is -0.148. The first-order valence-electron chi connectivity index (χ1n) is 6.25. The maximum Gasteiger partial charge on any atom is 0.228 e. The molecule has 0 radical (unpaired) electrons. The van der Waals surface area contributed by atoms with Crippen molar-refractivity contribution in [1.82, 2.24) is 4.98 Å². The smallest absolute Gasteiger partial charge is 0.228 e. The van der Waals surface area contributed by atoms with E-state index in [1.165, 1.54) is 0 Å². The topological polar surface area (TPSA) is 68.0 Å². The molecule has 0 aliphatic carbocycles. The van der Waals surface area contributed by atoms with Gasteiger partial charge in [0, 0.05) is 29.4 Å². The zero-order chi connectivity index (χ0) is 13.7. The Balaban J connectivity index is 2.05. The molecule has 0 aliphatic heterocycles. The Labute approximate surface area is 116 Å². The highest BCUT2D eigenvalue weighted by atomic mass is 32.1. The Bertz CT molecular complexity index is 518. The zero-order valence-corrected chi connectivity index (χ0v) is 11.6. The monoisotopic (exact) mass is 275 g/mol. The van der Waals surface area contributed by atoms with E-state index in [4.69, 9.17) is 5.73 Å². The van der Waals surface area contributed by atoms with Gasteiger partial charge in [0.15, 0.2) is 0 Å². The highest BCUT2D eigenvalue weighted by molar-refractivity contribution is 7.13. The molecule has 0 bridgehead atoms. The Kier molecular flexibility index (Phi) is 4.65. The molecule has 19 heavy (non-hydrogen) atoms. The molecule has 0 spiro atoms. The molecule has 1 atom stereocenters. The minimum absolute atomic E-state index is 0.0213. The van der Waals surface area contributed by atoms with Crippen molar-refractivity contribution < 1.29 is 4.79 Å². The van der Waals surface area contributed by atoms with E-state index in [9.17, 15) is 4.79 Å². The molecule has 2 rings (SSSR count). The van der Waals surface area contributed by atoms with E-state index in [1.807, 2.05) is 36.6 Å². The Morgan fingerprint density at radius 2 is 2.16 bits per heavy atom. The Morgan fingerprint density at radius 3 is 2.68 bits per heavy atom. The minimum Gasteiger partial charge on any atom is -0.330 e. The van der Waals surface area contributed by atoms with E-state index in [2.05, 4.69) is 10.3 Å². The lowest BCUT2D eigenvalue weighted by molar-refractivity contribution is -0.119. The Morgan fingerprint density at radius 1 is 1.42 bits per heavy atom. The SMILES string of the molecule is CCC(CN)C(=O)Nc1ccc(-c2nccs2)cc1. The molecule has 1 amide bonds. The predicted molar refractivity (Wildman–Crippen MR) is 79.0 cm³/mol. The molecule has 3 N–H and O–H groups in total. The number of nitrogens with two attached hydrogens (primary N) is 1. The van der Waals surface area contributed by atoms with Crippen molar-refractivity contribution in [3.63, 3.8) is 0 Å². The van der Waals surface area contributed by atoms with Gasteiger partial charge >= 0.3 is 0 Å². The third-order valence-corrected chi connectivity index (χ3v) is 3.80. The summed E-state index contributed by atoms with van der Waals surface area (Å²) in [4.78, 5) is 16.1. The number of thiazole rings is 1. The summed E-state index contributed by atoms with van der Waals surface area (Å²) in [6, 6.07) is 7.69. The molecule has 1 heterocycles. The van der Waals surface area contributed by atoms with Gasteiger partial charge in [-0.05, 0) is 30.7 Å². The van der Waals surface area contributed by atoms with E-state index in [-0.39, 0.29) is 11.8 Å². The van der Waals surface area contributed by atoms with Crippen LogP contribution in [0.1, 0.15) is 13.3 Å². The summed E-state index contributed by atoms with van der Waals surface area (Å²) < 4.78 is 0. The lowest BCUT2D eigenvalue weighted by Crippen LogP contribution is -2.28. The average molecular weight is 275 g/mol. The maximum atomic E-state index is 11.9. The largest absolute Gasteiger partial charge is 0.330 e. The average Bonchev–Trinajstić information content (AvgIpc) is 2.95. The summed E-state index contributed by atoms with van der Waals surface area (Å²) in [5, 5.41) is 5.80. The predicted octanol–water partition coefficient (Wildman–Crippen LogP) is 2.73. The summed E-state index contributed by atoms with van der Waals surface area (Å²) in [6.07, 6.45) is 2.53. The van der Waals surface area contributed by atoms with E-state index in [1.54, 1.807) is 17.5 Å². The van der Waals surface area contributed by atoms with Crippen LogP contribution >= 0.6 is 11.3 Å². The molecule has 1 aromatic carbocycles. The second-order valence-electron chi connectivity index (χ2n) is 4.24. The van der Waals surface area contributed by atoms with Gasteiger partial charge in [-0.2, -0.15) is 0 Å². The van der Waals surface area contributed by atoms with Crippen molar-refractivity contribution in [2.45, 2.75) is 13.3 Å². The van der Waals surface area contributed by atoms with Crippen molar-refractivity contribution in [3.8, 4) is 10.6 Å². The molecule has 0 fully saturated rings.